The molecule has 1 aromatic carbocycles. The number of fused-ring (bicyclic) bond motifs is 3. The van der Waals surface area contributed by atoms with Crippen molar-refractivity contribution in [3.63, 3.8) is 0 Å². The van der Waals surface area contributed by atoms with Crippen molar-refractivity contribution in [1.82, 2.24) is 4.90 Å². The smallest absolute Gasteiger partial charge is 0.311 e. The number of benzene rings is 1. The number of carbonyl (C=O) groups excluding carboxylic acids is 1. The molecule has 4 fully saturated rings. The Morgan fingerprint density at radius 1 is 1.19 bits per heavy atom. The molecule has 0 amide bonds. The van der Waals surface area contributed by atoms with Gasteiger partial charge in [-0.2, -0.15) is 0 Å². The molecule has 3 heterocycles. The zero-order valence-electron chi connectivity index (χ0n) is 19.7. The first-order valence-corrected chi connectivity index (χ1v) is 12.2. The summed E-state index contributed by atoms with van der Waals surface area (Å²) in [4.78, 5) is 15.5. The Bertz CT molecular complexity index is 948. The molecule has 2 saturated heterocycles. The van der Waals surface area contributed by atoms with Gasteiger partial charge in [-0.1, -0.05) is 20.3 Å². The van der Waals surface area contributed by atoms with Gasteiger partial charge in [-0.05, 0) is 54.9 Å². The van der Waals surface area contributed by atoms with Crippen LogP contribution < -0.4 is 9.47 Å². The third-order valence-electron chi connectivity index (χ3n) is 9.45. The van der Waals surface area contributed by atoms with Crippen LogP contribution in [0.3, 0.4) is 0 Å². The molecule has 0 N–H and O–H groups in total. The van der Waals surface area contributed by atoms with Gasteiger partial charge in [0.2, 0.25) is 0 Å². The number of ether oxygens (including phenoxy) is 4. The zero-order chi connectivity index (χ0) is 22.3. The Morgan fingerprint density at radius 3 is 2.69 bits per heavy atom. The number of epoxide rings is 1. The number of carbonyl (C=O) groups is 1. The van der Waals surface area contributed by atoms with Crippen molar-refractivity contribution >= 4 is 5.97 Å². The average Bonchev–Trinajstić information content (AvgIpc) is 3.47. The second kappa shape index (κ2) is 7.10. The van der Waals surface area contributed by atoms with Crippen molar-refractivity contribution < 1.29 is 23.7 Å². The summed E-state index contributed by atoms with van der Waals surface area (Å²) in [6.07, 6.45) is 5.78. The van der Waals surface area contributed by atoms with Gasteiger partial charge in [0.25, 0.3) is 0 Å². The molecule has 7 atom stereocenters. The quantitative estimate of drug-likeness (QED) is 0.526. The SMILES string of the molecule is COc1cc2c(cc1OC)CN(C[C@@H]1C(=O)O[C@@H]3C[C@@]4(C)CCC[C@H](C)[C@@]45O[C@H]5[C@H]13)CC2. The van der Waals surface area contributed by atoms with Crippen LogP contribution in [0.4, 0.5) is 0 Å². The summed E-state index contributed by atoms with van der Waals surface area (Å²) in [7, 11) is 3.35. The van der Waals surface area contributed by atoms with Gasteiger partial charge in [0.15, 0.2) is 11.5 Å². The predicted octanol–water partition coefficient (Wildman–Crippen LogP) is 3.59. The largest absolute Gasteiger partial charge is 0.493 e. The van der Waals surface area contributed by atoms with Gasteiger partial charge in [0.05, 0.1) is 26.2 Å². The normalized spacial score (nSPS) is 42.2. The molecule has 2 aliphatic carbocycles. The first kappa shape index (κ1) is 20.8. The van der Waals surface area contributed by atoms with Crippen LogP contribution in [0, 0.1) is 23.2 Å². The molecule has 0 unspecified atom stereocenters. The van der Waals surface area contributed by atoms with Crippen molar-refractivity contribution in [2.75, 3.05) is 27.3 Å². The Labute approximate surface area is 190 Å². The van der Waals surface area contributed by atoms with E-state index < -0.39 is 0 Å². The molecule has 0 bridgehead atoms. The Morgan fingerprint density at radius 2 is 1.94 bits per heavy atom. The highest BCUT2D eigenvalue weighted by molar-refractivity contribution is 5.76. The number of rotatable bonds is 4. The van der Waals surface area contributed by atoms with E-state index in [0.29, 0.717) is 5.92 Å². The molecule has 1 aromatic rings. The van der Waals surface area contributed by atoms with Crippen LogP contribution in [-0.4, -0.2) is 56.0 Å². The molecule has 2 saturated carbocycles. The molecule has 6 heteroatoms. The summed E-state index contributed by atoms with van der Waals surface area (Å²) in [5.74, 6) is 2.20. The van der Waals surface area contributed by atoms with Crippen LogP contribution in [0.25, 0.3) is 0 Å². The third-order valence-corrected chi connectivity index (χ3v) is 9.45. The van der Waals surface area contributed by atoms with Gasteiger partial charge in [0, 0.05) is 31.0 Å². The molecular formula is C26H35NO5. The van der Waals surface area contributed by atoms with Crippen molar-refractivity contribution in [1.29, 1.82) is 0 Å². The standard InChI is InChI=1S/C26H35NO5/c1-15-6-5-8-25(2)12-21-22(23-26(15,25)32-23)18(24(28)31-21)14-27-9-7-16-10-19(29-3)20(30-4)11-17(16)13-27/h10-11,15,18,21-23H,5-9,12-14H2,1-4H3/t15-,18-,21+,22+,23-,25+,26-/m0/s1. The molecule has 1 spiro atoms. The number of nitrogens with zero attached hydrogens (tertiary/aromatic N) is 1. The van der Waals surface area contributed by atoms with Crippen molar-refractivity contribution in [2.45, 2.75) is 70.3 Å². The fraction of sp³-hybridized carbons (Fsp3) is 0.731. The Balaban J connectivity index is 1.22. The van der Waals surface area contributed by atoms with Gasteiger partial charge in [-0.25, -0.2) is 0 Å². The average molecular weight is 442 g/mol. The first-order valence-electron chi connectivity index (χ1n) is 12.2. The summed E-state index contributed by atoms with van der Waals surface area (Å²) in [6.45, 7) is 7.24. The second-order valence-electron chi connectivity index (χ2n) is 11.0. The van der Waals surface area contributed by atoms with Crippen LogP contribution in [0.5, 0.6) is 11.5 Å². The molecule has 32 heavy (non-hydrogen) atoms. The number of esters is 1. The van der Waals surface area contributed by atoms with E-state index >= 15 is 0 Å². The van der Waals surface area contributed by atoms with Gasteiger partial charge in [-0.15, -0.1) is 0 Å². The van der Waals surface area contributed by atoms with E-state index in [2.05, 4.69) is 30.9 Å². The van der Waals surface area contributed by atoms with Gasteiger partial charge < -0.3 is 18.9 Å². The van der Waals surface area contributed by atoms with E-state index in [0.717, 1.165) is 44.0 Å². The maximum atomic E-state index is 13.1. The number of hydrogen-bond acceptors (Lipinski definition) is 6. The summed E-state index contributed by atoms with van der Waals surface area (Å²) >= 11 is 0. The molecule has 3 aliphatic heterocycles. The zero-order valence-corrected chi connectivity index (χ0v) is 19.7. The first-order chi connectivity index (χ1) is 15.4. The maximum absolute atomic E-state index is 13.1. The molecule has 0 radical (unpaired) electrons. The van der Waals surface area contributed by atoms with Crippen LogP contribution in [0.2, 0.25) is 0 Å². The fourth-order valence-electron chi connectivity index (χ4n) is 7.82. The lowest BCUT2D eigenvalue weighted by Crippen LogP contribution is -2.54. The topological polar surface area (TPSA) is 60.5 Å². The van der Waals surface area contributed by atoms with E-state index in [-0.39, 0.29) is 41.0 Å². The molecule has 6 nitrogen and oxygen atoms in total. The summed E-state index contributed by atoms with van der Waals surface area (Å²) in [5, 5.41) is 0. The predicted molar refractivity (Wildman–Crippen MR) is 119 cm³/mol. The van der Waals surface area contributed by atoms with Crippen LogP contribution in [0.1, 0.15) is 50.7 Å². The minimum atomic E-state index is -0.0928. The maximum Gasteiger partial charge on any atom is 0.311 e. The monoisotopic (exact) mass is 441 g/mol. The minimum Gasteiger partial charge on any atom is -0.493 e. The Hall–Kier alpha value is -1.79. The molecular weight excluding hydrogens is 406 g/mol. The van der Waals surface area contributed by atoms with Crippen molar-refractivity contribution in [2.24, 2.45) is 23.2 Å². The van der Waals surface area contributed by atoms with Crippen molar-refractivity contribution in [3.8, 4) is 11.5 Å². The number of methoxy groups -OCH3 is 2. The van der Waals surface area contributed by atoms with Gasteiger partial charge in [-0.3, -0.25) is 9.69 Å². The highest BCUT2D eigenvalue weighted by Crippen LogP contribution is 2.70. The van der Waals surface area contributed by atoms with E-state index in [1.807, 2.05) is 0 Å². The highest BCUT2D eigenvalue weighted by atomic mass is 16.6. The molecule has 6 rings (SSSR count). The summed E-state index contributed by atoms with van der Waals surface area (Å²) < 4.78 is 23.6. The van der Waals surface area contributed by atoms with Crippen LogP contribution in [0.15, 0.2) is 12.1 Å². The van der Waals surface area contributed by atoms with Crippen LogP contribution >= 0.6 is 0 Å². The Kier molecular flexibility index (Phi) is 4.61. The highest BCUT2D eigenvalue weighted by Gasteiger charge is 2.78. The summed E-state index contributed by atoms with van der Waals surface area (Å²) in [6, 6.07) is 4.18. The fourth-order valence-corrected chi connectivity index (χ4v) is 7.82. The third kappa shape index (κ3) is 2.75. The molecule has 5 aliphatic rings. The van der Waals surface area contributed by atoms with Gasteiger partial charge >= 0.3 is 5.97 Å². The molecule has 174 valence electrons. The van der Waals surface area contributed by atoms with E-state index in [4.69, 9.17) is 18.9 Å². The lowest BCUT2D eigenvalue weighted by molar-refractivity contribution is -0.146. The van der Waals surface area contributed by atoms with E-state index in [1.54, 1.807) is 14.2 Å². The van der Waals surface area contributed by atoms with Crippen molar-refractivity contribution in [3.05, 3.63) is 23.3 Å². The summed E-state index contributed by atoms with van der Waals surface area (Å²) in [5.41, 5.74) is 2.68. The van der Waals surface area contributed by atoms with Gasteiger partial charge in [0.1, 0.15) is 11.7 Å². The second-order valence-corrected chi connectivity index (χ2v) is 11.0. The van der Waals surface area contributed by atoms with Crippen LogP contribution in [-0.2, 0) is 27.2 Å². The lowest BCUT2D eigenvalue weighted by atomic mass is 9.53. The number of hydrogen-bond donors (Lipinski definition) is 0. The molecule has 0 aromatic heterocycles. The van der Waals surface area contributed by atoms with E-state index in [1.165, 1.54) is 30.4 Å². The lowest BCUT2D eigenvalue weighted by Gasteiger charge is -2.49. The minimum absolute atomic E-state index is 0.0151. The van der Waals surface area contributed by atoms with E-state index in [9.17, 15) is 4.79 Å².